The fraction of sp³-hybridized carbons (Fsp3) is 0.350. The van der Waals surface area contributed by atoms with Crippen LogP contribution in [0, 0.1) is 0 Å². The zero-order valence-corrected chi connectivity index (χ0v) is 13.7. The Morgan fingerprint density at radius 1 is 1.00 bits per heavy atom. The third-order valence-corrected chi connectivity index (χ3v) is 4.99. The minimum Gasteiger partial charge on any atom is -0.484 e. The van der Waals surface area contributed by atoms with Gasteiger partial charge in [0.05, 0.1) is 12.1 Å². The van der Waals surface area contributed by atoms with Gasteiger partial charge in [-0.15, -0.1) is 0 Å². The van der Waals surface area contributed by atoms with Crippen LogP contribution >= 0.6 is 0 Å². The summed E-state index contributed by atoms with van der Waals surface area (Å²) in [5, 5.41) is 2.97. The zero-order valence-electron chi connectivity index (χ0n) is 13.7. The molecule has 1 fully saturated rings. The van der Waals surface area contributed by atoms with Crippen LogP contribution < -0.4 is 10.1 Å². The molecule has 0 aromatic heterocycles. The van der Waals surface area contributed by atoms with E-state index in [1.165, 1.54) is 5.56 Å². The molecule has 0 atom stereocenters. The average molecular weight is 322 g/mol. The molecule has 1 amide bonds. The van der Waals surface area contributed by atoms with Gasteiger partial charge in [0.15, 0.2) is 0 Å². The molecule has 0 unspecified atom stereocenters. The van der Waals surface area contributed by atoms with E-state index in [9.17, 15) is 4.79 Å². The summed E-state index contributed by atoms with van der Waals surface area (Å²) in [7, 11) is 0. The first-order valence-electron chi connectivity index (χ1n) is 8.57. The van der Waals surface area contributed by atoms with Gasteiger partial charge < -0.3 is 10.1 Å². The maximum atomic E-state index is 12.3. The molecule has 4 heteroatoms. The van der Waals surface area contributed by atoms with Gasteiger partial charge in [-0.1, -0.05) is 42.5 Å². The van der Waals surface area contributed by atoms with E-state index < -0.39 is 0 Å². The molecule has 4 nitrogen and oxygen atoms in total. The molecule has 2 aromatic carbocycles. The summed E-state index contributed by atoms with van der Waals surface area (Å²) in [6.45, 7) is 2.86. The molecule has 0 radical (unpaired) electrons. The molecule has 2 aliphatic heterocycles. The molecule has 1 spiro atoms. The number of rotatable bonds is 2. The topological polar surface area (TPSA) is 41.6 Å². The minimum absolute atomic E-state index is 0.0523. The summed E-state index contributed by atoms with van der Waals surface area (Å²) in [4.78, 5) is 14.7. The summed E-state index contributed by atoms with van der Waals surface area (Å²) in [5.41, 5.74) is 1.74. The first kappa shape index (κ1) is 15.2. The smallest absolute Gasteiger partial charge is 0.228 e. The third-order valence-electron chi connectivity index (χ3n) is 4.99. The number of anilines is 1. The lowest BCUT2D eigenvalue weighted by Crippen LogP contribution is -2.48. The number of nitrogens with one attached hydrogen (secondary N) is 1. The Kier molecular flexibility index (Phi) is 3.98. The molecule has 0 bridgehead atoms. The second-order valence-corrected chi connectivity index (χ2v) is 6.77. The van der Waals surface area contributed by atoms with Crippen LogP contribution in [0.2, 0.25) is 0 Å². The maximum Gasteiger partial charge on any atom is 0.228 e. The van der Waals surface area contributed by atoms with E-state index in [1.807, 2.05) is 30.3 Å². The Bertz CT molecular complexity index is 721. The van der Waals surface area contributed by atoms with Crippen LogP contribution in [0.5, 0.6) is 5.75 Å². The lowest BCUT2D eigenvalue weighted by Gasteiger charge is -2.40. The number of amides is 1. The van der Waals surface area contributed by atoms with Crippen molar-refractivity contribution in [2.45, 2.75) is 31.4 Å². The van der Waals surface area contributed by atoms with Crippen LogP contribution in [0.15, 0.2) is 54.6 Å². The Labute approximate surface area is 142 Å². The summed E-state index contributed by atoms with van der Waals surface area (Å²) in [6.07, 6.45) is 2.18. The highest BCUT2D eigenvalue weighted by atomic mass is 16.5. The normalized spacial score (nSPS) is 19.9. The highest BCUT2D eigenvalue weighted by molar-refractivity contribution is 5.93. The first-order chi connectivity index (χ1) is 11.7. The fourth-order valence-corrected chi connectivity index (χ4v) is 3.65. The molecule has 2 aliphatic rings. The number of carbonyl (C=O) groups is 1. The number of para-hydroxylation sites is 2. The van der Waals surface area contributed by atoms with Gasteiger partial charge in [-0.25, -0.2) is 0 Å². The second kappa shape index (κ2) is 6.29. The van der Waals surface area contributed by atoms with Crippen LogP contribution in [0.1, 0.15) is 24.8 Å². The lowest BCUT2D eigenvalue weighted by molar-refractivity contribution is -0.121. The number of piperidine rings is 1. The monoisotopic (exact) mass is 322 g/mol. The van der Waals surface area contributed by atoms with Crippen LogP contribution in [-0.4, -0.2) is 29.5 Å². The molecule has 0 saturated carbocycles. The van der Waals surface area contributed by atoms with E-state index in [-0.39, 0.29) is 11.5 Å². The first-order valence-corrected chi connectivity index (χ1v) is 8.57. The molecule has 1 N–H and O–H groups in total. The lowest BCUT2D eigenvalue weighted by atomic mass is 9.87. The van der Waals surface area contributed by atoms with Gasteiger partial charge in [0.1, 0.15) is 11.4 Å². The third kappa shape index (κ3) is 3.15. The van der Waals surface area contributed by atoms with Gasteiger partial charge >= 0.3 is 0 Å². The van der Waals surface area contributed by atoms with Crippen molar-refractivity contribution in [2.75, 3.05) is 18.4 Å². The highest BCUT2D eigenvalue weighted by Gasteiger charge is 2.40. The Balaban J connectivity index is 1.47. The van der Waals surface area contributed by atoms with Gasteiger partial charge in [-0.05, 0) is 17.7 Å². The Hall–Kier alpha value is -2.33. The number of likely N-dealkylation sites (tertiary alicyclic amines) is 1. The van der Waals surface area contributed by atoms with Crippen molar-refractivity contribution in [3.05, 3.63) is 60.2 Å². The number of hydrogen-bond acceptors (Lipinski definition) is 3. The van der Waals surface area contributed by atoms with Crippen molar-refractivity contribution >= 4 is 11.6 Å². The summed E-state index contributed by atoms with van der Waals surface area (Å²) in [6, 6.07) is 18.2. The van der Waals surface area contributed by atoms with Crippen molar-refractivity contribution in [3.63, 3.8) is 0 Å². The molecular formula is C20H22N2O2. The summed E-state index contributed by atoms with van der Waals surface area (Å²) in [5.74, 6) is 0.844. The van der Waals surface area contributed by atoms with Gasteiger partial charge in [0.25, 0.3) is 0 Å². The SMILES string of the molecule is O=C1CC2(CCN(Cc3ccccc3)CC2)Oc2ccccc2N1. The van der Waals surface area contributed by atoms with Crippen molar-refractivity contribution in [1.29, 1.82) is 0 Å². The predicted octanol–water partition coefficient (Wildman–Crippen LogP) is 3.44. The van der Waals surface area contributed by atoms with E-state index in [1.54, 1.807) is 0 Å². The number of benzene rings is 2. The van der Waals surface area contributed by atoms with E-state index in [0.29, 0.717) is 6.42 Å². The highest BCUT2D eigenvalue weighted by Crippen LogP contribution is 2.38. The van der Waals surface area contributed by atoms with E-state index in [2.05, 4.69) is 34.5 Å². The Morgan fingerprint density at radius 3 is 2.50 bits per heavy atom. The quantitative estimate of drug-likeness (QED) is 0.921. The van der Waals surface area contributed by atoms with Crippen molar-refractivity contribution in [2.24, 2.45) is 0 Å². The van der Waals surface area contributed by atoms with E-state index in [4.69, 9.17) is 4.74 Å². The molecule has 0 aliphatic carbocycles. The van der Waals surface area contributed by atoms with E-state index in [0.717, 1.165) is 43.9 Å². The largest absolute Gasteiger partial charge is 0.484 e. The van der Waals surface area contributed by atoms with Crippen LogP contribution in [0.3, 0.4) is 0 Å². The van der Waals surface area contributed by atoms with Crippen LogP contribution in [0.4, 0.5) is 5.69 Å². The maximum absolute atomic E-state index is 12.3. The van der Waals surface area contributed by atoms with Crippen molar-refractivity contribution in [3.8, 4) is 5.75 Å². The molecule has 4 rings (SSSR count). The molecular weight excluding hydrogens is 300 g/mol. The van der Waals surface area contributed by atoms with Crippen molar-refractivity contribution < 1.29 is 9.53 Å². The molecule has 2 aromatic rings. The molecule has 24 heavy (non-hydrogen) atoms. The second-order valence-electron chi connectivity index (χ2n) is 6.77. The summed E-state index contributed by atoms with van der Waals surface area (Å²) < 4.78 is 6.34. The number of hydrogen-bond donors (Lipinski definition) is 1. The standard InChI is InChI=1S/C20H22N2O2/c23-19-14-20(24-18-9-5-4-8-17(18)21-19)10-12-22(13-11-20)15-16-6-2-1-3-7-16/h1-9H,10-15H2,(H,21,23). The van der Waals surface area contributed by atoms with Gasteiger partial charge in [0, 0.05) is 32.5 Å². The summed E-state index contributed by atoms with van der Waals surface area (Å²) >= 11 is 0. The van der Waals surface area contributed by atoms with Gasteiger partial charge in [-0.3, -0.25) is 9.69 Å². The average Bonchev–Trinajstić information content (AvgIpc) is 2.73. The zero-order chi connectivity index (χ0) is 16.4. The molecule has 124 valence electrons. The molecule has 2 heterocycles. The fourth-order valence-electron chi connectivity index (χ4n) is 3.65. The Morgan fingerprint density at radius 2 is 1.71 bits per heavy atom. The predicted molar refractivity (Wildman–Crippen MR) is 94.0 cm³/mol. The number of ether oxygens (including phenoxy) is 1. The minimum atomic E-state index is -0.371. The van der Waals surface area contributed by atoms with Crippen molar-refractivity contribution in [1.82, 2.24) is 4.90 Å². The number of fused-ring (bicyclic) bond motifs is 1. The van der Waals surface area contributed by atoms with E-state index >= 15 is 0 Å². The number of nitrogens with zero attached hydrogens (tertiary/aromatic N) is 1. The van der Waals surface area contributed by atoms with Gasteiger partial charge in [0.2, 0.25) is 5.91 Å². The number of carbonyl (C=O) groups excluding carboxylic acids is 1. The van der Waals surface area contributed by atoms with Crippen LogP contribution in [-0.2, 0) is 11.3 Å². The van der Waals surface area contributed by atoms with Crippen LogP contribution in [0.25, 0.3) is 0 Å². The van der Waals surface area contributed by atoms with Gasteiger partial charge in [-0.2, -0.15) is 0 Å². The molecule has 1 saturated heterocycles.